The molecule has 2 fully saturated rings. The minimum Gasteiger partial charge on any atom is -0.481 e. The third kappa shape index (κ3) is 2.95. The molecular weight excluding hydrogens is 338 g/mol. The molecule has 2 saturated heterocycles. The molecular formula is C17H21N5O2S. The number of thiazole rings is 1. The van der Waals surface area contributed by atoms with Crippen LogP contribution in [0.15, 0.2) is 17.8 Å². The maximum atomic E-state index is 13.1. The third-order valence-electron chi connectivity index (χ3n) is 5.14. The molecule has 0 bridgehead atoms. The molecule has 8 heteroatoms. The van der Waals surface area contributed by atoms with Crippen molar-refractivity contribution in [2.45, 2.75) is 26.3 Å². The van der Waals surface area contributed by atoms with Gasteiger partial charge in [0.2, 0.25) is 11.8 Å². The van der Waals surface area contributed by atoms with Gasteiger partial charge in [-0.3, -0.25) is 4.79 Å². The summed E-state index contributed by atoms with van der Waals surface area (Å²) in [6.07, 6.45) is 3.27. The van der Waals surface area contributed by atoms with E-state index in [1.54, 1.807) is 18.4 Å². The molecule has 0 saturated carbocycles. The number of rotatable bonds is 4. The normalized spacial score (nSPS) is 23.0. The highest BCUT2D eigenvalue weighted by atomic mass is 32.1. The number of amides is 1. The summed E-state index contributed by atoms with van der Waals surface area (Å²) in [4.78, 5) is 30.1. The summed E-state index contributed by atoms with van der Waals surface area (Å²) in [5.74, 6) is 1.62. The molecule has 25 heavy (non-hydrogen) atoms. The van der Waals surface area contributed by atoms with Crippen molar-refractivity contribution in [2.75, 3.05) is 31.6 Å². The minimum atomic E-state index is -0.288. The van der Waals surface area contributed by atoms with Gasteiger partial charge < -0.3 is 14.5 Å². The molecule has 4 rings (SSSR count). The Bertz CT molecular complexity index is 795. The van der Waals surface area contributed by atoms with E-state index in [-0.39, 0.29) is 11.3 Å². The Hall–Kier alpha value is -2.22. The number of hydrogen-bond acceptors (Lipinski definition) is 7. The molecule has 0 aliphatic carbocycles. The second-order valence-corrected chi connectivity index (χ2v) is 7.77. The average Bonchev–Trinajstić information content (AvgIpc) is 3.32. The number of anilines is 1. The molecule has 4 heterocycles. The number of nitrogens with zero attached hydrogens (tertiary/aromatic N) is 5. The Balaban J connectivity index is 1.47. The maximum absolute atomic E-state index is 13.1. The van der Waals surface area contributed by atoms with Gasteiger partial charge in [-0.05, 0) is 19.8 Å². The van der Waals surface area contributed by atoms with Crippen molar-refractivity contribution in [3.63, 3.8) is 0 Å². The van der Waals surface area contributed by atoms with Crippen molar-refractivity contribution >= 4 is 23.1 Å². The molecule has 2 aromatic heterocycles. The van der Waals surface area contributed by atoms with Crippen LogP contribution >= 0.6 is 11.3 Å². The summed E-state index contributed by atoms with van der Waals surface area (Å²) >= 11 is 1.63. The van der Waals surface area contributed by atoms with Gasteiger partial charge in [-0.1, -0.05) is 0 Å². The van der Waals surface area contributed by atoms with Gasteiger partial charge in [0.05, 0.1) is 29.8 Å². The van der Waals surface area contributed by atoms with Gasteiger partial charge in [-0.25, -0.2) is 15.0 Å². The zero-order valence-electron chi connectivity index (χ0n) is 14.4. The van der Waals surface area contributed by atoms with Crippen LogP contribution in [-0.4, -0.2) is 52.5 Å². The summed E-state index contributed by atoms with van der Waals surface area (Å²) < 4.78 is 5.18. The predicted octanol–water partition coefficient (Wildman–Crippen LogP) is 1.88. The topological polar surface area (TPSA) is 71.5 Å². The highest BCUT2D eigenvalue weighted by Crippen LogP contribution is 2.42. The fourth-order valence-corrected chi connectivity index (χ4v) is 4.38. The van der Waals surface area contributed by atoms with Crippen LogP contribution in [-0.2, 0) is 11.3 Å². The van der Waals surface area contributed by atoms with Crippen molar-refractivity contribution in [3.8, 4) is 5.88 Å². The van der Waals surface area contributed by atoms with Gasteiger partial charge in [0.15, 0.2) is 0 Å². The number of carbonyl (C=O) groups excluding carboxylic acids is 1. The quantitative estimate of drug-likeness (QED) is 0.830. The number of carbonyl (C=O) groups is 1. The van der Waals surface area contributed by atoms with Gasteiger partial charge in [0, 0.05) is 31.1 Å². The fraction of sp³-hybridized carbons (Fsp3) is 0.529. The first kappa shape index (κ1) is 16.3. The smallest absolute Gasteiger partial charge is 0.231 e. The highest BCUT2D eigenvalue weighted by Gasteiger charge is 2.51. The molecule has 0 radical (unpaired) electrons. The van der Waals surface area contributed by atoms with E-state index in [4.69, 9.17) is 4.74 Å². The summed E-state index contributed by atoms with van der Waals surface area (Å²) in [5.41, 5.74) is 0.701. The van der Waals surface area contributed by atoms with Crippen molar-refractivity contribution in [3.05, 3.63) is 28.5 Å². The summed E-state index contributed by atoms with van der Waals surface area (Å²) in [6, 6.07) is 1.83. The van der Waals surface area contributed by atoms with E-state index in [1.165, 1.54) is 6.33 Å². The predicted molar refractivity (Wildman–Crippen MR) is 94.7 cm³/mol. The summed E-state index contributed by atoms with van der Waals surface area (Å²) in [6.45, 7) is 4.95. The molecule has 2 aliphatic rings. The molecule has 1 spiro atoms. The van der Waals surface area contributed by atoms with Crippen LogP contribution in [0.2, 0.25) is 0 Å². The second kappa shape index (κ2) is 6.25. The Morgan fingerprint density at radius 1 is 1.32 bits per heavy atom. The van der Waals surface area contributed by atoms with Gasteiger partial charge >= 0.3 is 0 Å². The van der Waals surface area contributed by atoms with Crippen molar-refractivity contribution < 1.29 is 9.53 Å². The van der Waals surface area contributed by atoms with E-state index in [0.29, 0.717) is 19.0 Å². The van der Waals surface area contributed by atoms with Crippen molar-refractivity contribution in [1.82, 2.24) is 19.9 Å². The number of likely N-dealkylation sites (tertiary alicyclic amines) is 1. The number of methoxy groups -OCH3 is 1. The number of ether oxygens (including phenoxy) is 1. The zero-order valence-corrected chi connectivity index (χ0v) is 15.3. The molecule has 1 atom stereocenters. The molecule has 2 aliphatic heterocycles. The molecule has 132 valence electrons. The van der Waals surface area contributed by atoms with E-state index in [2.05, 4.69) is 19.9 Å². The lowest BCUT2D eigenvalue weighted by Crippen LogP contribution is -2.36. The van der Waals surface area contributed by atoms with Crippen LogP contribution in [0, 0.1) is 12.3 Å². The Kier molecular flexibility index (Phi) is 4.07. The average molecular weight is 359 g/mol. The number of aromatic nitrogens is 3. The first-order valence-corrected chi connectivity index (χ1v) is 9.29. The minimum absolute atomic E-state index is 0.252. The van der Waals surface area contributed by atoms with E-state index >= 15 is 0 Å². The summed E-state index contributed by atoms with van der Waals surface area (Å²) in [5, 5.41) is 3.09. The zero-order chi connectivity index (χ0) is 17.4. The van der Waals surface area contributed by atoms with Crippen molar-refractivity contribution in [1.29, 1.82) is 0 Å². The Morgan fingerprint density at radius 2 is 2.16 bits per heavy atom. The monoisotopic (exact) mass is 359 g/mol. The Morgan fingerprint density at radius 3 is 2.92 bits per heavy atom. The molecule has 0 unspecified atom stereocenters. The summed E-state index contributed by atoms with van der Waals surface area (Å²) in [7, 11) is 1.59. The van der Waals surface area contributed by atoms with E-state index < -0.39 is 0 Å². The third-order valence-corrected chi connectivity index (χ3v) is 5.96. The molecule has 0 aromatic carbocycles. The van der Waals surface area contributed by atoms with Gasteiger partial charge in [0.1, 0.15) is 12.1 Å². The molecule has 0 N–H and O–H groups in total. The lowest BCUT2D eigenvalue weighted by molar-refractivity contribution is -0.135. The van der Waals surface area contributed by atoms with E-state index in [9.17, 15) is 4.79 Å². The molecule has 7 nitrogen and oxygen atoms in total. The van der Waals surface area contributed by atoms with Crippen LogP contribution in [0.4, 0.5) is 5.82 Å². The largest absolute Gasteiger partial charge is 0.481 e. The molecule has 2 aromatic rings. The van der Waals surface area contributed by atoms with Gasteiger partial charge in [-0.2, -0.15) is 0 Å². The first-order valence-electron chi connectivity index (χ1n) is 8.41. The highest BCUT2D eigenvalue weighted by molar-refractivity contribution is 7.09. The van der Waals surface area contributed by atoms with Gasteiger partial charge in [0.25, 0.3) is 0 Å². The van der Waals surface area contributed by atoms with Gasteiger partial charge in [-0.15, -0.1) is 11.3 Å². The maximum Gasteiger partial charge on any atom is 0.231 e. The lowest BCUT2D eigenvalue weighted by atomic mass is 9.85. The van der Waals surface area contributed by atoms with Crippen LogP contribution in [0.25, 0.3) is 0 Å². The van der Waals surface area contributed by atoms with Crippen LogP contribution < -0.4 is 9.64 Å². The second-order valence-electron chi connectivity index (χ2n) is 6.71. The van der Waals surface area contributed by atoms with E-state index in [1.807, 2.05) is 23.3 Å². The van der Waals surface area contributed by atoms with Crippen LogP contribution in [0.5, 0.6) is 5.88 Å². The van der Waals surface area contributed by atoms with Crippen LogP contribution in [0.3, 0.4) is 0 Å². The molecule has 1 amide bonds. The number of aryl methyl sites for hydroxylation is 1. The SMILES string of the molecule is COc1cc(N2CC[C@]3(CCN(Cc4csc(C)n4)C3=O)C2)ncn1. The first-order chi connectivity index (χ1) is 12.1. The standard InChI is InChI=1S/C17H21N5O2S/c1-12-20-13(9-25-12)8-21-5-3-17(16(21)23)4-6-22(10-17)14-7-15(24-2)19-11-18-14/h7,9,11H,3-6,8,10H2,1-2H3/t17-/m1/s1. The van der Waals surface area contributed by atoms with E-state index in [0.717, 1.165) is 42.5 Å². The Labute approximate surface area is 150 Å². The van der Waals surface area contributed by atoms with Crippen LogP contribution in [0.1, 0.15) is 23.5 Å². The van der Waals surface area contributed by atoms with Crippen molar-refractivity contribution in [2.24, 2.45) is 5.41 Å². The fourth-order valence-electron chi connectivity index (χ4n) is 3.78. The lowest BCUT2D eigenvalue weighted by Gasteiger charge is -2.23. The number of hydrogen-bond donors (Lipinski definition) is 0.